The van der Waals surface area contributed by atoms with E-state index in [4.69, 9.17) is 9.47 Å². The third kappa shape index (κ3) is 3.50. The summed E-state index contributed by atoms with van der Waals surface area (Å²) in [4.78, 5) is 30.8. The Morgan fingerprint density at radius 2 is 1.96 bits per heavy atom. The maximum atomic E-state index is 12.7. The second kappa shape index (κ2) is 7.33. The number of nitrogens with one attached hydrogen (secondary N) is 1. The van der Waals surface area contributed by atoms with Gasteiger partial charge in [-0.3, -0.25) is 9.59 Å². The maximum Gasteiger partial charge on any atom is 0.267 e. The molecule has 0 saturated carbocycles. The third-order valence-electron chi connectivity index (χ3n) is 4.62. The van der Waals surface area contributed by atoms with E-state index in [1.807, 2.05) is 23.6 Å². The summed E-state index contributed by atoms with van der Waals surface area (Å²) in [7, 11) is 0. The number of piperidine rings is 1. The Balaban J connectivity index is 1.30. The molecular formula is C18H19N3O4S. The Morgan fingerprint density at radius 1 is 1.19 bits per heavy atom. The Bertz CT molecular complexity index is 787. The lowest BCUT2D eigenvalue weighted by Gasteiger charge is -2.34. The van der Waals surface area contributed by atoms with Gasteiger partial charge in [-0.15, -0.1) is 11.3 Å². The fraction of sp³-hybridized carbons (Fsp3) is 0.389. The van der Waals surface area contributed by atoms with Gasteiger partial charge in [0.1, 0.15) is 6.61 Å². The molecule has 0 unspecified atom stereocenters. The van der Waals surface area contributed by atoms with Gasteiger partial charge in [-0.1, -0.05) is 12.1 Å². The van der Waals surface area contributed by atoms with Crippen molar-refractivity contribution < 1.29 is 19.1 Å². The SMILES string of the molecule is O=C(Nc1nccs1)C1CCN(C(=O)[C@H]2COc3ccccc3O2)CC1. The number of amides is 2. The molecule has 1 fully saturated rings. The molecule has 3 heterocycles. The second-order valence-corrected chi connectivity index (χ2v) is 7.18. The van der Waals surface area contributed by atoms with Gasteiger partial charge in [0.2, 0.25) is 12.0 Å². The first-order chi connectivity index (χ1) is 12.7. The summed E-state index contributed by atoms with van der Waals surface area (Å²) in [6.07, 6.45) is 2.29. The Labute approximate surface area is 154 Å². The Hall–Kier alpha value is -2.61. The van der Waals surface area contributed by atoms with Crippen molar-refractivity contribution in [3.05, 3.63) is 35.8 Å². The fourth-order valence-corrected chi connectivity index (χ4v) is 3.73. The molecule has 0 spiro atoms. The van der Waals surface area contributed by atoms with Gasteiger partial charge in [-0.2, -0.15) is 0 Å². The topological polar surface area (TPSA) is 80.8 Å². The van der Waals surface area contributed by atoms with Crippen molar-refractivity contribution in [1.82, 2.24) is 9.88 Å². The minimum absolute atomic E-state index is 0.0294. The number of para-hydroxylation sites is 2. The van der Waals surface area contributed by atoms with Crippen molar-refractivity contribution in [3.63, 3.8) is 0 Å². The fourth-order valence-electron chi connectivity index (χ4n) is 3.20. The largest absolute Gasteiger partial charge is 0.485 e. The van der Waals surface area contributed by atoms with Crippen molar-refractivity contribution in [1.29, 1.82) is 0 Å². The van der Waals surface area contributed by atoms with Crippen LogP contribution in [-0.4, -0.2) is 47.5 Å². The molecule has 136 valence electrons. The summed E-state index contributed by atoms with van der Waals surface area (Å²) in [6, 6.07) is 7.33. The number of aromatic nitrogens is 1. The molecule has 2 aliphatic rings. The molecule has 1 aromatic carbocycles. The van der Waals surface area contributed by atoms with Crippen LogP contribution in [0.4, 0.5) is 5.13 Å². The quantitative estimate of drug-likeness (QED) is 0.892. The van der Waals surface area contributed by atoms with E-state index in [-0.39, 0.29) is 24.3 Å². The van der Waals surface area contributed by atoms with Crippen LogP contribution >= 0.6 is 11.3 Å². The highest BCUT2D eigenvalue weighted by Gasteiger charge is 2.34. The minimum Gasteiger partial charge on any atom is -0.485 e. The summed E-state index contributed by atoms with van der Waals surface area (Å²) in [5.74, 6) is 1.03. The van der Waals surface area contributed by atoms with Crippen molar-refractivity contribution >= 4 is 28.3 Å². The van der Waals surface area contributed by atoms with Gasteiger partial charge in [0.15, 0.2) is 16.6 Å². The van der Waals surface area contributed by atoms with Crippen molar-refractivity contribution in [2.45, 2.75) is 18.9 Å². The lowest BCUT2D eigenvalue weighted by Crippen LogP contribution is -2.49. The van der Waals surface area contributed by atoms with Crippen LogP contribution in [0.3, 0.4) is 0 Å². The number of benzene rings is 1. The lowest BCUT2D eigenvalue weighted by atomic mass is 9.95. The lowest BCUT2D eigenvalue weighted by molar-refractivity contribution is -0.143. The van der Waals surface area contributed by atoms with Crippen LogP contribution in [0.5, 0.6) is 11.5 Å². The van der Waals surface area contributed by atoms with E-state index in [0.29, 0.717) is 42.6 Å². The van der Waals surface area contributed by atoms with E-state index >= 15 is 0 Å². The monoisotopic (exact) mass is 373 g/mol. The van der Waals surface area contributed by atoms with Crippen molar-refractivity contribution in [2.24, 2.45) is 5.92 Å². The number of likely N-dealkylation sites (tertiary alicyclic amines) is 1. The maximum absolute atomic E-state index is 12.7. The number of nitrogens with zero attached hydrogens (tertiary/aromatic N) is 2. The van der Waals surface area contributed by atoms with Gasteiger partial charge in [0, 0.05) is 30.6 Å². The van der Waals surface area contributed by atoms with Crippen LogP contribution in [-0.2, 0) is 9.59 Å². The van der Waals surface area contributed by atoms with Gasteiger partial charge in [-0.25, -0.2) is 4.98 Å². The number of anilines is 1. The number of thiazole rings is 1. The van der Waals surface area contributed by atoms with Crippen LogP contribution in [0.1, 0.15) is 12.8 Å². The number of carbonyl (C=O) groups is 2. The second-order valence-electron chi connectivity index (χ2n) is 6.29. The Kier molecular flexibility index (Phi) is 4.75. The molecular weight excluding hydrogens is 354 g/mol. The summed E-state index contributed by atoms with van der Waals surface area (Å²) in [6.45, 7) is 1.28. The first-order valence-corrected chi connectivity index (χ1v) is 9.46. The van der Waals surface area contributed by atoms with Gasteiger partial charge in [0.05, 0.1) is 0 Å². The number of hydrogen-bond acceptors (Lipinski definition) is 6. The zero-order valence-corrected chi connectivity index (χ0v) is 14.9. The molecule has 2 aromatic rings. The van der Waals surface area contributed by atoms with Gasteiger partial charge < -0.3 is 19.7 Å². The highest BCUT2D eigenvalue weighted by atomic mass is 32.1. The molecule has 0 aliphatic carbocycles. The molecule has 2 aliphatic heterocycles. The molecule has 0 radical (unpaired) electrons. The van der Waals surface area contributed by atoms with E-state index in [0.717, 1.165) is 0 Å². The molecule has 1 N–H and O–H groups in total. The Morgan fingerprint density at radius 3 is 2.69 bits per heavy atom. The standard InChI is InChI=1S/C18H19N3O4S/c22-16(20-18-19-7-10-26-18)12-5-8-21(9-6-12)17(23)15-11-24-13-3-1-2-4-14(13)25-15/h1-4,7,10,12,15H,5-6,8-9,11H2,(H,19,20,22)/t15-/m1/s1. The van der Waals surface area contributed by atoms with E-state index in [9.17, 15) is 9.59 Å². The van der Waals surface area contributed by atoms with Crippen LogP contribution in [0.15, 0.2) is 35.8 Å². The highest BCUT2D eigenvalue weighted by Crippen LogP contribution is 2.31. The van der Waals surface area contributed by atoms with E-state index in [1.165, 1.54) is 11.3 Å². The normalized spacial score (nSPS) is 19.8. The van der Waals surface area contributed by atoms with Crippen LogP contribution in [0.25, 0.3) is 0 Å². The number of rotatable bonds is 3. The summed E-state index contributed by atoms with van der Waals surface area (Å²) in [5, 5.41) is 5.26. The van der Waals surface area contributed by atoms with Crippen molar-refractivity contribution in [2.75, 3.05) is 25.0 Å². The number of carbonyl (C=O) groups excluding carboxylic acids is 2. The zero-order valence-electron chi connectivity index (χ0n) is 14.1. The van der Waals surface area contributed by atoms with E-state index < -0.39 is 6.10 Å². The third-order valence-corrected chi connectivity index (χ3v) is 5.31. The van der Waals surface area contributed by atoms with Gasteiger partial charge in [0.25, 0.3) is 5.91 Å². The molecule has 1 aromatic heterocycles. The molecule has 0 bridgehead atoms. The summed E-state index contributed by atoms with van der Waals surface area (Å²) in [5.41, 5.74) is 0. The van der Waals surface area contributed by atoms with E-state index in [1.54, 1.807) is 17.2 Å². The van der Waals surface area contributed by atoms with Crippen LogP contribution in [0, 0.1) is 5.92 Å². The van der Waals surface area contributed by atoms with Gasteiger partial charge in [-0.05, 0) is 25.0 Å². The average molecular weight is 373 g/mol. The highest BCUT2D eigenvalue weighted by molar-refractivity contribution is 7.13. The molecule has 2 amide bonds. The molecule has 7 nitrogen and oxygen atoms in total. The number of hydrogen-bond donors (Lipinski definition) is 1. The predicted molar refractivity (Wildman–Crippen MR) is 96.4 cm³/mol. The van der Waals surface area contributed by atoms with Crippen molar-refractivity contribution in [3.8, 4) is 11.5 Å². The average Bonchev–Trinajstić information content (AvgIpc) is 3.20. The van der Waals surface area contributed by atoms with Crippen LogP contribution < -0.4 is 14.8 Å². The minimum atomic E-state index is -0.634. The smallest absolute Gasteiger partial charge is 0.267 e. The molecule has 1 atom stereocenters. The van der Waals surface area contributed by atoms with Gasteiger partial charge >= 0.3 is 0 Å². The zero-order chi connectivity index (χ0) is 17.9. The summed E-state index contributed by atoms with van der Waals surface area (Å²) < 4.78 is 11.4. The first kappa shape index (κ1) is 16.8. The molecule has 8 heteroatoms. The number of ether oxygens (including phenoxy) is 2. The van der Waals surface area contributed by atoms with Crippen LogP contribution in [0.2, 0.25) is 0 Å². The number of fused-ring (bicyclic) bond motifs is 1. The predicted octanol–water partition coefficient (Wildman–Crippen LogP) is 2.16. The first-order valence-electron chi connectivity index (χ1n) is 8.58. The van der Waals surface area contributed by atoms with E-state index in [2.05, 4.69) is 10.3 Å². The summed E-state index contributed by atoms with van der Waals surface area (Å²) >= 11 is 1.40. The molecule has 26 heavy (non-hydrogen) atoms. The molecule has 1 saturated heterocycles. The molecule has 4 rings (SSSR count).